The van der Waals surface area contributed by atoms with Crippen LogP contribution in [0.4, 0.5) is 5.69 Å². The molecule has 21 heavy (non-hydrogen) atoms. The number of hydrogen-bond donors (Lipinski definition) is 2. The Hall–Kier alpha value is -1.67. The molecule has 0 aromatic carbocycles. The third-order valence-corrected chi connectivity index (χ3v) is 5.82. The third-order valence-electron chi connectivity index (χ3n) is 4.45. The smallest absolute Gasteiger partial charge is 0.267 e. The number of guanidine groups is 1. The minimum atomic E-state index is -3.58. The zero-order valence-electron chi connectivity index (χ0n) is 11.5. The summed E-state index contributed by atoms with van der Waals surface area (Å²) in [5.41, 5.74) is 0.526. The van der Waals surface area contributed by atoms with E-state index in [1.54, 1.807) is 12.3 Å². The van der Waals surface area contributed by atoms with E-state index in [4.69, 9.17) is 0 Å². The van der Waals surface area contributed by atoms with Gasteiger partial charge in [-0.05, 0) is 31.2 Å². The molecule has 3 saturated heterocycles. The van der Waals surface area contributed by atoms with Gasteiger partial charge in [0, 0.05) is 25.5 Å². The summed E-state index contributed by atoms with van der Waals surface area (Å²) < 4.78 is 26.9. The average molecular weight is 307 g/mol. The van der Waals surface area contributed by atoms with Gasteiger partial charge in [0.2, 0.25) is 5.96 Å². The van der Waals surface area contributed by atoms with Crippen molar-refractivity contribution in [1.29, 1.82) is 0 Å². The maximum Gasteiger partial charge on any atom is 0.267 e. The highest BCUT2D eigenvalue weighted by Gasteiger charge is 2.34. The number of aromatic nitrogens is 1. The second kappa shape index (κ2) is 4.67. The van der Waals surface area contributed by atoms with Crippen molar-refractivity contribution in [3.63, 3.8) is 0 Å². The molecule has 0 radical (unpaired) electrons. The topological polar surface area (TPSA) is 86.7 Å². The molecule has 2 N–H and O–H groups in total. The van der Waals surface area contributed by atoms with Crippen LogP contribution in [0.1, 0.15) is 19.3 Å². The Labute approximate surface area is 123 Å². The van der Waals surface area contributed by atoms with Crippen molar-refractivity contribution in [3.8, 4) is 0 Å². The number of nitrogens with one attached hydrogen (secondary N) is 2. The number of hydrogen-bond acceptors (Lipinski definition) is 5. The van der Waals surface area contributed by atoms with Crippen molar-refractivity contribution in [1.82, 2.24) is 14.6 Å². The molecule has 0 aliphatic carbocycles. The summed E-state index contributed by atoms with van der Waals surface area (Å²) in [7, 11) is -3.58. The van der Waals surface area contributed by atoms with Crippen molar-refractivity contribution in [2.75, 3.05) is 18.4 Å². The summed E-state index contributed by atoms with van der Waals surface area (Å²) in [5.74, 6) is 1.03. The predicted molar refractivity (Wildman–Crippen MR) is 78.3 cm³/mol. The molecule has 7 nitrogen and oxygen atoms in total. The summed E-state index contributed by atoms with van der Waals surface area (Å²) in [6.07, 6.45) is 6.45. The molecule has 2 bridgehead atoms. The van der Waals surface area contributed by atoms with E-state index in [0.717, 1.165) is 25.4 Å². The lowest BCUT2D eigenvalue weighted by Crippen LogP contribution is -2.50. The van der Waals surface area contributed by atoms with Crippen LogP contribution in [0.5, 0.6) is 0 Å². The van der Waals surface area contributed by atoms with Crippen LogP contribution in [0.15, 0.2) is 28.3 Å². The Morgan fingerprint density at radius 2 is 2.14 bits per heavy atom. The third kappa shape index (κ3) is 2.28. The molecule has 5 rings (SSSR count). The number of piperidine rings is 3. The van der Waals surface area contributed by atoms with Crippen molar-refractivity contribution in [2.24, 2.45) is 10.9 Å². The van der Waals surface area contributed by atoms with Crippen LogP contribution in [0.25, 0.3) is 0 Å². The van der Waals surface area contributed by atoms with Gasteiger partial charge in [0.25, 0.3) is 10.0 Å². The zero-order chi connectivity index (χ0) is 14.4. The lowest BCUT2D eigenvalue weighted by atomic mass is 9.86. The van der Waals surface area contributed by atoms with Crippen LogP contribution < -0.4 is 10.0 Å². The van der Waals surface area contributed by atoms with E-state index in [9.17, 15) is 8.42 Å². The first-order valence-corrected chi connectivity index (χ1v) is 8.66. The number of rotatable bonds is 1. The van der Waals surface area contributed by atoms with Gasteiger partial charge in [-0.1, -0.05) is 0 Å². The van der Waals surface area contributed by atoms with Gasteiger partial charge in [-0.25, -0.2) is 18.1 Å². The van der Waals surface area contributed by atoms with Crippen LogP contribution in [0.3, 0.4) is 0 Å². The minimum Gasteiger partial charge on any atom is -0.324 e. The lowest BCUT2D eigenvalue weighted by molar-refractivity contribution is 0.0543. The monoisotopic (exact) mass is 307 g/mol. The highest BCUT2D eigenvalue weighted by atomic mass is 32.2. The van der Waals surface area contributed by atoms with Gasteiger partial charge < -0.3 is 5.32 Å². The molecular formula is C13H17N5O2S. The van der Waals surface area contributed by atoms with E-state index >= 15 is 0 Å². The fourth-order valence-corrected chi connectivity index (χ4v) is 4.39. The molecule has 1 aromatic heterocycles. The van der Waals surface area contributed by atoms with Gasteiger partial charge in [0.15, 0.2) is 0 Å². The fourth-order valence-electron chi connectivity index (χ4n) is 3.31. The highest BCUT2D eigenvalue weighted by Crippen LogP contribution is 2.32. The first-order chi connectivity index (χ1) is 10.1. The Balaban J connectivity index is 1.64. The van der Waals surface area contributed by atoms with Gasteiger partial charge in [-0.3, -0.25) is 9.88 Å². The summed E-state index contributed by atoms with van der Waals surface area (Å²) in [6, 6.07) is 1.65. The van der Waals surface area contributed by atoms with Gasteiger partial charge in [-0.15, -0.1) is 0 Å². The molecule has 8 heteroatoms. The molecule has 0 saturated carbocycles. The van der Waals surface area contributed by atoms with Crippen molar-refractivity contribution in [2.45, 2.75) is 30.3 Å². The van der Waals surface area contributed by atoms with E-state index in [1.807, 2.05) is 0 Å². The van der Waals surface area contributed by atoms with Crippen molar-refractivity contribution < 1.29 is 8.42 Å². The summed E-state index contributed by atoms with van der Waals surface area (Å²) >= 11 is 0. The maximum absolute atomic E-state index is 12.2. The molecule has 0 spiro atoms. The number of pyridine rings is 1. The lowest BCUT2D eigenvalue weighted by Gasteiger charge is -2.43. The molecule has 1 atom stereocenters. The first-order valence-electron chi connectivity index (χ1n) is 7.17. The predicted octanol–water partition coefficient (Wildman–Crippen LogP) is 0.583. The zero-order valence-corrected chi connectivity index (χ0v) is 12.3. The SMILES string of the molecule is O=S1(=O)N/C(=N\C2CC3CCN2CC3)Nc2ccncc21. The highest BCUT2D eigenvalue weighted by molar-refractivity contribution is 7.90. The van der Waals surface area contributed by atoms with Crippen LogP contribution in [0.2, 0.25) is 0 Å². The normalized spacial score (nSPS) is 34.9. The van der Waals surface area contributed by atoms with Gasteiger partial charge in [-0.2, -0.15) is 0 Å². The number of fused-ring (bicyclic) bond motifs is 4. The molecule has 4 aliphatic rings. The Bertz CT molecular complexity index is 694. The van der Waals surface area contributed by atoms with E-state index in [1.165, 1.54) is 19.0 Å². The Morgan fingerprint density at radius 3 is 2.86 bits per heavy atom. The van der Waals surface area contributed by atoms with E-state index < -0.39 is 10.0 Å². The Morgan fingerprint density at radius 1 is 1.33 bits per heavy atom. The average Bonchev–Trinajstić information content (AvgIpc) is 2.48. The van der Waals surface area contributed by atoms with Crippen molar-refractivity contribution >= 4 is 21.7 Å². The molecule has 1 aromatic rings. The molecule has 5 heterocycles. The number of aliphatic imine (C=N–C) groups is 1. The standard InChI is InChI=1S/C13H17N5O2S/c19-21(20)11-8-14-4-1-10(11)15-13(17-21)16-12-7-9-2-5-18(12)6-3-9/h1,4,8-9,12H,2-3,5-7H2,(H2,15,16,17). The second-order valence-corrected chi connectivity index (χ2v) is 7.43. The van der Waals surface area contributed by atoms with Gasteiger partial charge in [0.05, 0.1) is 5.69 Å². The van der Waals surface area contributed by atoms with E-state index in [2.05, 4.69) is 24.9 Å². The molecule has 4 aliphatic heterocycles. The van der Waals surface area contributed by atoms with Crippen LogP contribution in [-0.2, 0) is 10.0 Å². The van der Waals surface area contributed by atoms with E-state index in [-0.39, 0.29) is 11.1 Å². The van der Waals surface area contributed by atoms with Gasteiger partial charge in [0.1, 0.15) is 11.1 Å². The van der Waals surface area contributed by atoms with Crippen LogP contribution in [0, 0.1) is 5.92 Å². The quantitative estimate of drug-likeness (QED) is 0.793. The summed E-state index contributed by atoms with van der Waals surface area (Å²) in [6.45, 7) is 2.11. The first kappa shape index (κ1) is 13.0. The number of nitrogens with zero attached hydrogens (tertiary/aromatic N) is 3. The minimum absolute atomic E-state index is 0.0751. The summed E-state index contributed by atoms with van der Waals surface area (Å²) in [4.78, 5) is 10.9. The molecule has 0 amide bonds. The van der Waals surface area contributed by atoms with Crippen molar-refractivity contribution in [3.05, 3.63) is 18.5 Å². The van der Waals surface area contributed by atoms with Crippen LogP contribution in [-0.4, -0.2) is 43.5 Å². The molecule has 112 valence electrons. The second-order valence-electron chi connectivity index (χ2n) is 5.78. The summed E-state index contributed by atoms with van der Waals surface area (Å²) in [5, 5.41) is 3.05. The van der Waals surface area contributed by atoms with Crippen LogP contribution >= 0.6 is 0 Å². The Kier molecular flexibility index (Phi) is 2.90. The van der Waals surface area contributed by atoms with E-state index in [0.29, 0.717) is 11.6 Å². The van der Waals surface area contributed by atoms with Gasteiger partial charge >= 0.3 is 0 Å². The fraction of sp³-hybridized carbons (Fsp3) is 0.538. The number of sulfonamides is 1. The largest absolute Gasteiger partial charge is 0.324 e. The maximum atomic E-state index is 12.2. The molecular weight excluding hydrogens is 290 g/mol. The number of anilines is 1. The molecule has 3 fully saturated rings. The molecule has 1 unspecified atom stereocenters.